The van der Waals surface area contributed by atoms with Gasteiger partial charge < -0.3 is 9.47 Å². The summed E-state index contributed by atoms with van der Waals surface area (Å²) in [6.07, 6.45) is -3.86. The summed E-state index contributed by atoms with van der Waals surface area (Å²) in [6.45, 7) is 8.53. The predicted molar refractivity (Wildman–Crippen MR) is 123 cm³/mol. The van der Waals surface area contributed by atoms with E-state index in [0.29, 0.717) is 28.0 Å². The van der Waals surface area contributed by atoms with Crippen LogP contribution >= 0.6 is 11.3 Å². The van der Waals surface area contributed by atoms with E-state index in [0.717, 1.165) is 29.0 Å². The number of aromatic nitrogens is 1. The van der Waals surface area contributed by atoms with Gasteiger partial charge in [0, 0.05) is 0 Å². The molecule has 0 spiro atoms. The first-order valence-electron chi connectivity index (χ1n) is 10.8. The lowest BCUT2D eigenvalue weighted by molar-refractivity contribution is -0.184. The number of thiazole rings is 1. The Bertz CT molecular complexity index is 1270. The predicted octanol–water partition coefficient (Wildman–Crippen LogP) is 6.48. The maximum absolute atomic E-state index is 13.2. The van der Waals surface area contributed by atoms with E-state index in [1.165, 1.54) is 6.07 Å². The molecule has 2 heterocycles. The van der Waals surface area contributed by atoms with Crippen molar-refractivity contribution in [2.75, 3.05) is 0 Å². The SMILES string of the molecule is CCc1ccc(Oc2nc3ccc(C(F)(F)F)cc3s2)cc1C1C(=O)C(C)(C)OC(C)(C)C1=O. The summed E-state index contributed by atoms with van der Waals surface area (Å²) in [5, 5.41) is 0.162. The van der Waals surface area contributed by atoms with Gasteiger partial charge in [-0.15, -0.1) is 0 Å². The van der Waals surface area contributed by atoms with Gasteiger partial charge in [-0.1, -0.05) is 24.3 Å². The molecule has 1 fully saturated rings. The van der Waals surface area contributed by atoms with Crippen molar-refractivity contribution in [2.45, 2.75) is 64.3 Å². The van der Waals surface area contributed by atoms with Gasteiger partial charge in [0.2, 0.25) is 0 Å². The van der Waals surface area contributed by atoms with E-state index in [4.69, 9.17) is 9.47 Å². The molecule has 5 nitrogen and oxygen atoms in total. The van der Waals surface area contributed by atoms with Gasteiger partial charge in [-0.2, -0.15) is 13.2 Å². The molecule has 1 aromatic heterocycles. The molecule has 2 aromatic carbocycles. The maximum atomic E-state index is 13.2. The second-order valence-electron chi connectivity index (χ2n) is 9.26. The van der Waals surface area contributed by atoms with Crippen LogP contribution in [0.15, 0.2) is 36.4 Å². The highest BCUT2D eigenvalue weighted by atomic mass is 32.1. The molecule has 0 amide bonds. The lowest BCUT2D eigenvalue weighted by Crippen LogP contribution is -2.58. The van der Waals surface area contributed by atoms with Crippen molar-refractivity contribution in [1.82, 2.24) is 4.98 Å². The summed E-state index contributed by atoms with van der Waals surface area (Å²) < 4.78 is 51.1. The molecule has 4 rings (SSSR count). The third kappa shape index (κ3) is 4.34. The molecule has 0 bridgehead atoms. The van der Waals surface area contributed by atoms with E-state index in [1.54, 1.807) is 45.9 Å². The molecular formula is C25H24F3NO4S. The number of aryl methyl sites for hydroxylation is 1. The van der Waals surface area contributed by atoms with Crippen molar-refractivity contribution in [1.29, 1.82) is 0 Å². The average Bonchev–Trinajstić information content (AvgIpc) is 3.13. The van der Waals surface area contributed by atoms with Crippen LogP contribution in [-0.2, 0) is 26.9 Å². The number of ketones is 2. The Kier molecular flexibility index (Phi) is 5.85. The molecule has 3 aromatic rings. The molecule has 1 aliphatic rings. The Labute approximate surface area is 198 Å². The van der Waals surface area contributed by atoms with Crippen molar-refractivity contribution in [3.05, 3.63) is 53.1 Å². The highest BCUT2D eigenvalue weighted by Gasteiger charge is 2.53. The van der Waals surface area contributed by atoms with Gasteiger partial charge >= 0.3 is 6.18 Å². The molecule has 34 heavy (non-hydrogen) atoms. The summed E-state index contributed by atoms with van der Waals surface area (Å²) >= 11 is 0.987. The van der Waals surface area contributed by atoms with Gasteiger partial charge in [-0.25, -0.2) is 4.98 Å². The van der Waals surface area contributed by atoms with Crippen LogP contribution in [0.4, 0.5) is 13.2 Å². The smallest absolute Gasteiger partial charge is 0.416 e. The molecule has 1 aliphatic heterocycles. The lowest BCUT2D eigenvalue weighted by Gasteiger charge is -2.43. The zero-order valence-corrected chi connectivity index (χ0v) is 20.2. The Morgan fingerprint density at radius 1 is 1.03 bits per heavy atom. The molecule has 0 atom stereocenters. The summed E-state index contributed by atoms with van der Waals surface area (Å²) in [5.41, 5.74) is -1.30. The monoisotopic (exact) mass is 491 g/mol. The van der Waals surface area contributed by atoms with Crippen molar-refractivity contribution < 1.29 is 32.2 Å². The largest absolute Gasteiger partial charge is 0.431 e. The number of carbonyl (C=O) groups excluding carboxylic acids is 2. The fraction of sp³-hybridized carbons (Fsp3) is 0.400. The highest BCUT2D eigenvalue weighted by Crippen LogP contribution is 2.42. The lowest BCUT2D eigenvalue weighted by atomic mass is 9.73. The highest BCUT2D eigenvalue weighted by molar-refractivity contribution is 7.20. The van der Waals surface area contributed by atoms with Crippen LogP contribution in [0, 0.1) is 0 Å². The summed E-state index contributed by atoms with van der Waals surface area (Å²) in [6, 6.07) is 8.44. The number of benzene rings is 2. The van der Waals surface area contributed by atoms with E-state index in [1.807, 2.05) is 6.92 Å². The van der Waals surface area contributed by atoms with Gasteiger partial charge in [0.05, 0.1) is 15.8 Å². The third-order valence-corrected chi connectivity index (χ3v) is 6.83. The first-order valence-corrected chi connectivity index (χ1v) is 11.6. The van der Waals surface area contributed by atoms with Crippen LogP contribution < -0.4 is 4.74 Å². The normalized spacial score (nSPS) is 18.5. The zero-order valence-electron chi connectivity index (χ0n) is 19.4. The number of rotatable bonds is 4. The standard InChI is InChI=1S/C25H24F3NO4S/c1-6-13-7-9-15(12-16(13)19-20(30)23(2,3)33-24(4,5)21(19)31)32-22-29-17-10-8-14(25(26,27)28)11-18(17)34-22/h7-12,19H,6H2,1-5H3. The van der Waals surface area contributed by atoms with Gasteiger partial charge in [-0.05, 0) is 75.6 Å². The number of ether oxygens (including phenoxy) is 2. The Balaban J connectivity index is 1.72. The minimum atomic E-state index is -4.45. The van der Waals surface area contributed by atoms with Gasteiger partial charge in [0.25, 0.3) is 5.19 Å². The van der Waals surface area contributed by atoms with Crippen molar-refractivity contribution >= 4 is 33.1 Å². The molecule has 9 heteroatoms. The first-order chi connectivity index (χ1) is 15.7. The van der Waals surface area contributed by atoms with Crippen LogP contribution in [0.1, 0.15) is 57.2 Å². The number of hydrogen-bond acceptors (Lipinski definition) is 6. The number of halogens is 3. The van der Waals surface area contributed by atoms with Crippen LogP contribution in [0.2, 0.25) is 0 Å². The van der Waals surface area contributed by atoms with Crippen LogP contribution in [0.3, 0.4) is 0 Å². The molecule has 0 radical (unpaired) electrons. The van der Waals surface area contributed by atoms with E-state index in [-0.39, 0.29) is 16.8 Å². The number of nitrogens with zero attached hydrogens (tertiary/aromatic N) is 1. The second kappa shape index (κ2) is 8.16. The fourth-order valence-corrected chi connectivity index (χ4v) is 5.16. The summed E-state index contributed by atoms with van der Waals surface area (Å²) in [4.78, 5) is 30.7. The molecule has 1 saturated heterocycles. The van der Waals surface area contributed by atoms with Crippen LogP contribution in [0.5, 0.6) is 10.9 Å². The van der Waals surface area contributed by atoms with Crippen LogP contribution in [0.25, 0.3) is 10.2 Å². The molecule has 180 valence electrons. The zero-order chi connectivity index (χ0) is 25.1. The second-order valence-corrected chi connectivity index (χ2v) is 10.3. The minimum Gasteiger partial charge on any atom is -0.431 e. The molecular weight excluding hydrogens is 467 g/mol. The number of Topliss-reactive ketones (excluding diaryl/α,β-unsaturated/α-hetero) is 2. The van der Waals surface area contributed by atoms with Gasteiger partial charge in [-0.3, -0.25) is 9.59 Å². The summed E-state index contributed by atoms with van der Waals surface area (Å²) in [5.74, 6) is -1.33. The van der Waals surface area contributed by atoms with E-state index in [9.17, 15) is 22.8 Å². The summed E-state index contributed by atoms with van der Waals surface area (Å²) in [7, 11) is 0. The minimum absolute atomic E-state index is 0.162. The Morgan fingerprint density at radius 2 is 1.68 bits per heavy atom. The van der Waals surface area contributed by atoms with Gasteiger partial charge in [0.15, 0.2) is 11.6 Å². The van der Waals surface area contributed by atoms with Gasteiger partial charge in [0.1, 0.15) is 22.9 Å². The molecule has 0 saturated carbocycles. The van der Waals surface area contributed by atoms with Crippen LogP contribution in [-0.4, -0.2) is 27.8 Å². The maximum Gasteiger partial charge on any atom is 0.416 e. The Morgan fingerprint density at radius 3 is 2.26 bits per heavy atom. The fourth-order valence-electron chi connectivity index (χ4n) is 4.29. The van der Waals surface area contributed by atoms with Crippen molar-refractivity contribution in [3.63, 3.8) is 0 Å². The number of hydrogen-bond donors (Lipinski definition) is 0. The number of fused-ring (bicyclic) bond motifs is 1. The number of carbonyl (C=O) groups is 2. The molecule has 0 aliphatic carbocycles. The quantitative estimate of drug-likeness (QED) is 0.391. The van der Waals surface area contributed by atoms with Crippen molar-refractivity contribution in [2.24, 2.45) is 0 Å². The van der Waals surface area contributed by atoms with E-state index in [2.05, 4.69) is 4.98 Å². The van der Waals surface area contributed by atoms with E-state index >= 15 is 0 Å². The third-order valence-electron chi connectivity index (χ3n) is 5.93. The molecule has 0 N–H and O–H groups in total. The topological polar surface area (TPSA) is 65.5 Å². The average molecular weight is 492 g/mol. The van der Waals surface area contributed by atoms with E-state index < -0.39 is 28.9 Å². The first kappa shape index (κ1) is 24.3. The number of alkyl halides is 3. The Hall–Kier alpha value is -2.78. The van der Waals surface area contributed by atoms with Crippen molar-refractivity contribution in [3.8, 4) is 10.9 Å². The molecule has 0 unspecified atom stereocenters.